The molecule has 0 aliphatic heterocycles. The number of fused-ring (bicyclic) bond motifs is 1. The van der Waals surface area contributed by atoms with Crippen LogP contribution in [0.1, 0.15) is 35.6 Å². The standard InChI is InChI=1S/C19H21Cl2N5O.C2HF3O2/c1-4-25(5-2)18(27)16-10-26-17(13-7-6-12(20)8-15(13)21)14(9-22)11(3)23-19(26)24-16;3-2(4,5)1(6)7/h6-8,10H,4-5,9,22H2,1-3H3;(H,6,7). The summed E-state index contributed by atoms with van der Waals surface area (Å²) in [5.41, 5.74) is 9.46. The van der Waals surface area contributed by atoms with Crippen LogP contribution in [0.25, 0.3) is 17.0 Å². The number of hydrogen-bond acceptors (Lipinski definition) is 5. The van der Waals surface area contributed by atoms with Gasteiger partial charge in [-0.05, 0) is 39.0 Å². The number of amides is 1. The van der Waals surface area contributed by atoms with Crippen LogP contribution < -0.4 is 5.73 Å². The summed E-state index contributed by atoms with van der Waals surface area (Å²) in [7, 11) is 0. The van der Waals surface area contributed by atoms with E-state index < -0.39 is 12.1 Å². The molecule has 34 heavy (non-hydrogen) atoms. The average Bonchev–Trinajstić information content (AvgIpc) is 3.17. The van der Waals surface area contributed by atoms with Gasteiger partial charge in [0, 0.05) is 47.7 Å². The van der Waals surface area contributed by atoms with Crippen molar-refractivity contribution in [2.24, 2.45) is 5.73 Å². The SMILES string of the molecule is CCN(CC)C(=O)c1cn2c(-c3ccc(Cl)cc3Cl)c(CN)c(C)nc2n1.O=C(O)C(F)(F)F. The van der Waals surface area contributed by atoms with Gasteiger partial charge >= 0.3 is 12.1 Å². The Hall–Kier alpha value is -2.89. The third-order valence-corrected chi connectivity index (χ3v) is 5.37. The minimum Gasteiger partial charge on any atom is -0.475 e. The lowest BCUT2D eigenvalue weighted by molar-refractivity contribution is -0.192. The van der Waals surface area contributed by atoms with Gasteiger partial charge < -0.3 is 15.7 Å². The molecule has 2 aromatic heterocycles. The number of carbonyl (C=O) groups is 2. The van der Waals surface area contributed by atoms with E-state index in [0.717, 1.165) is 22.5 Å². The lowest BCUT2D eigenvalue weighted by atomic mass is 10.0. The first-order chi connectivity index (χ1) is 15.8. The maximum absolute atomic E-state index is 12.7. The summed E-state index contributed by atoms with van der Waals surface area (Å²) in [4.78, 5) is 32.3. The number of nitrogens with two attached hydrogens (primary N) is 1. The van der Waals surface area contributed by atoms with Crippen molar-refractivity contribution in [3.05, 3.63) is 51.4 Å². The summed E-state index contributed by atoms with van der Waals surface area (Å²) in [5, 5.41) is 8.16. The Labute approximate surface area is 203 Å². The fraction of sp³-hybridized carbons (Fsp3) is 0.333. The molecule has 184 valence electrons. The van der Waals surface area contributed by atoms with Crippen LogP contribution in [0.4, 0.5) is 13.2 Å². The Balaban J connectivity index is 0.000000509. The smallest absolute Gasteiger partial charge is 0.475 e. The number of alkyl halides is 3. The predicted molar refractivity (Wildman–Crippen MR) is 122 cm³/mol. The minimum atomic E-state index is -5.08. The number of carboxylic acids is 1. The van der Waals surface area contributed by atoms with Gasteiger partial charge in [-0.2, -0.15) is 13.2 Å². The Morgan fingerprint density at radius 3 is 2.24 bits per heavy atom. The molecule has 0 radical (unpaired) electrons. The predicted octanol–water partition coefficient (Wildman–Crippen LogP) is 4.59. The topological polar surface area (TPSA) is 114 Å². The molecule has 0 aliphatic rings. The molecule has 8 nitrogen and oxygen atoms in total. The van der Waals surface area contributed by atoms with E-state index in [4.69, 9.17) is 38.8 Å². The van der Waals surface area contributed by atoms with Gasteiger partial charge in [0.25, 0.3) is 5.91 Å². The maximum Gasteiger partial charge on any atom is 0.490 e. The first-order valence-corrected chi connectivity index (χ1v) is 10.7. The van der Waals surface area contributed by atoms with Gasteiger partial charge in [-0.3, -0.25) is 9.20 Å². The number of nitrogens with zero attached hydrogens (tertiary/aromatic N) is 4. The van der Waals surface area contributed by atoms with Crippen LogP contribution in [-0.2, 0) is 11.3 Å². The fourth-order valence-corrected chi connectivity index (χ4v) is 3.64. The maximum atomic E-state index is 12.7. The molecule has 0 fully saturated rings. The quantitative estimate of drug-likeness (QED) is 0.509. The summed E-state index contributed by atoms with van der Waals surface area (Å²) in [5.74, 6) is -2.46. The number of aryl methyl sites for hydroxylation is 1. The molecule has 2 heterocycles. The first-order valence-electron chi connectivity index (χ1n) is 9.99. The number of hydrogen-bond donors (Lipinski definition) is 2. The van der Waals surface area contributed by atoms with Crippen molar-refractivity contribution in [1.82, 2.24) is 19.3 Å². The molecule has 0 spiro atoms. The molecular weight excluding hydrogens is 498 g/mol. The highest BCUT2D eigenvalue weighted by Crippen LogP contribution is 2.34. The van der Waals surface area contributed by atoms with Crippen molar-refractivity contribution in [3.63, 3.8) is 0 Å². The van der Waals surface area contributed by atoms with Crippen molar-refractivity contribution in [2.75, 3.05) is 13.1 Å². The van der Waals surface area contributed by atoms with Gasteiger partial charge in [0.2, 0.25) is 5.78 Å². The zero-order valence-electron chi connectivity index (χ0n) is 18.5. The molecule has 0 bridgehead atoms. The van der Waals surface area contributed by atoms with Gasteiger partial charge in [-0.1, -0.05) is 23.2 Å². The zero-order chi connectivity index (χ0) is 25.8. The molecular formula is C21H22Cl2F3N5O3. The number of carbonyl (C=O) groups excluding carboxylic acids is 1. The Kier molecular flexibility index (Phi) is 8.87. The number of imidazole rings is 1. The van der Waals surface area contributed by atoms with E-state index in [-0.39, 0.29) is 12.5 Å². The molecule has 13 heteroatoms. The van der Waals surface area contributed by atoms with E-state index in [0.29, 0.717) is 34.6 Å². The van der Waals surface area contributed by atoms with Gasteiger partial charge in [-0.15, -0.1) is 0 Å². The van der Waals surface area contributed by atoms with Crippen molar-refractivity contribution >= 4 is 40.9 Å². The van der Waals surface area contributed by atoms with Gasteiger partial charge in [0.1, 0.15) is 5.69 Å². The Bertz CT molecular complexity index is 1210. The monoisotopic (exact) mass is 519 g/mol. The molecule has 0 saturated heterocycles. The number of aliphatic carboxylic acids is 1. The molecule has 3 rings (SSSR count). The van der Waals surface area contributed by atoms with E-state index in [2.05, 4.69) is 9.97 Å². The van der Waals surface area contributed by atoms with Crippen molar-refractivity contribution in [1.29, 1.82) is 0 Å². The molecule has 0 unspecified atom stereocenters. The van der Waals surface area contributed by atoms with E-state index in [1.54, 1.807) is 27.6 Å². The summed E-state index contributed by atoms with van der Waals surface area (Å²) in [6.07, 6.45) is -3.39. The molecule has 0 aliphatic carbocycles. The minimum absolute atomic E-state index is 0.134. The number of carboxylic acid groups (broad SMARTS) is 1. The van der Waals surface area contributed by atoms with E-state index in [1.165, 1.54) is 0 Å². The molecule has 0 saturated carbocycles. The molecule has 1 amide bonds. The molecule has 0 atom stereocenters. The molecule has 1 aromatic carbocycles. The third-order valence-electron chi connectivity index (χ3n) is 4.82. The van der Waals surface area contributed by atoms with Gasteiger partial charge in [-0.25, -0.2) is 14.8 Å². The highest BCUT2D eigenvalue weighted by molar-refractivity contribution is 6.36. The summed E-state index contributed by atoms with van der Waals surface area (Å²) in [6.45, 7) is 7.24. The fourth-order valence-electron chi connectivity index (χ4n) is 3.14. The molecule has 3 aromatic rings. The summed E-state index contributed by atoms with van der Waals surface area (Å²) < 4.78 is 33.5. The Morgan fingerprint density at radius 2 is 1.76 bits per heavy atom. The first kappa shape index (κ1) is 27.4. The Morgan fingerprint density at radius 1 is 1.18 bits per heavy atom. The number of halogens is 5. The van der Waals surface area contributed by atoms with E-state index >= 15 is 0 Å². The van der Waals surface area contributed by atoms with Crippen LogP contribution in [0.3, 0.4) is 0 Å². The van der Waals surface area contributed by atoms with Crippen LogP contribution in [0.15, 0.2) is 24.4 Å². The van der Waals surface area contributed by atoms with Gasteiger partial charge in [0.15, 0.2) is 0 Å². The van der Waals surface area contributed by atoms with Crippen LogP contribution in [0.2, 0.25) is 10.0 Å². The normalized spacial score (nSPS) is 11.2. The second-order valence-electron chi connectivity index (χ2n) is 6.93. The van der Waals surface area contributed by atoms with Gasteiger partial charge in [0.05, 0.1) is 10.7 Å². The average molecular weight is 520 g/mol. The second kappa shape index (κ2) is 11.0. The van der Waals surface area contributed by atoms with Crippen LogP contribution >= 0.6 is 23.2 Å². The number of rotatable bonds is 5. The lowest BCUT2D eigenvalue weighted by Crippen LogP contribution is -2.30. The highest BCUT2D eigenvalue weighted by atomic mass is 35.5. The highest BCUT2D eigenvalue weighted by Gasteiger charge is 2.38. The molecule has 3 N–H and O–H groups in total. The number of aromatic nitrogens is 3. The third kappa shape index (κ3) is 5.96. The van der Waals surface area contributed by atoms with Crippen molar-refractivity contribution in [2.45, 2.75) is 33.5 Å². The van der Waals surface area contributed by atoms with E-state index in [1.807, 2.05) is 26.8 Å². The van der Waals surface area contributed by atoms with Crippen LogP contribution in [0.5, 0.6) is 0 Å². The van der Waals surface area contributed by atoms with Crippen molar-refractivity contribution in [3.8, 4) is 11.3 Å². The van der Waals surface area contributed by atoms with E-state index in [9.17, 15) is 18.0 Å². The largest absolute Gasteiger partial charge is 0.490 e. The summed E-state index contributed by atoms with van der Waals surface area (Å²) in [6, 6.07) is 5.28. The zero-order valence-corrected chi connectivity index (χ0v) is 20.0. The second-order valence-corrected chi connectivity index (χ2v) is 7.77. The van der Waals surface area contributed by atoms with Crippen LogP contribution in [-0.4, -0.2) is 55.5 Å². The van der Waals surface area contributed by atoms with Crippen molar-refractivity contribution < 1.29 is 27.9 Å². The lowest BCUT2D eigenvalue weighted by Gasteiger charge is -2.16. The van der Waals surface area contributed by atoms with Crippen LogP contribution in [0, 0.1) is 6.92 Å². The number of benzene rings is 1. The summed E-state index contributed by atoms with van der Waals surface area (Å²) >= 11 is 12.5.